The Morgan fingerprint density at radius 1 is 0.862 bits per heavy atom. The van der Waals surface area contributed by atoms with Gasteiger partial charge in [0.05, 0.1) is 11.0 Å². The Morgan fingerprint density at radius 2 is 1.52 bits per heavy atom. The molecule has 0 fully saturated rings. The number of non-ortho nitro benzene ring substituents is 1. The molecule has 0 saturated heterocycles. The molecule has 1 amide bonds. The second-order valence-corrected chi connectivity index (χ2v) is 7.06. The van der Waals surface area contributed by atoms with Crippen LogP contribution in [0.25, 0.3) is 5.57 Å². The van der Waals surface area contributed by atoms with Gasteiger partial charge in [0.15, 0.2) is 0 Å². The van der Waals surface area contributed by atoms with E-state index >= 15 is 0 Å². The maximum atomic E-state index is 13.3. The SMILES string of the molecule is O=C1C(c2cccc([N+](=O)[O-])c2)=C[C@H](Cc2ccccc2)N1Cc1ccccc1. The van der Waals surface area contributed by atoms with Crippen molar-refractivity contribution in [1.29, 1.82) is 0 Å². The summed E-state index contributed by atoms with van der Waals surface area (Å²) in [6, 6.07) is 26.0. The predicted octanol–water partition coefficient (Wildman–Crippen LogP) is 4.63. The number of rotatable bonds is 6. The molecule has 0 unspecified atom stereocenters. The maximum absolute atomic E-state index is 13.3. The normalized spacial score (nSPS) is 16.0. The van der Waals surface area contributed by atoms with Crippen molar-refractivity contribution in [3.05, 3.63) is 118 Å². The van der Waals surface area contributed by atoms with E-state index < -0.39 is 4.92 Å². The molecule has 3 aromatic rings. The molecule has 1 atom stereocenters. The van der Waals surface area contributed by atoms with E-state index in [9.17, 15) is 14.9 Å². The average molecular weight is 384 g/mol. The molecule has 0 radical (unpaired) electrons. The lowest BCUT2D eigenvalue weighted by Crippen LogP contribution is -2.35. The fourth-order valence-corrected chi connectivity index (χ4v) is 3.66. The minimum Gasteiger partial charge on any atom is -0.328 e. The van der Waals surface area contributed by atoms with Gasteiger partial charge in [-0.2, -0.15) is 0 Å². The van der Waals surface area contributed by atoms with Crippen LogP contribution in [0.3, 0.4) is 0 Å². The van der Waals surface area contributed by atoms with E-state index in [4.69, 9.17) is 0 Å². The number of nitro groups is 1. The summed E-state index contributed by atoms with van der Waals surface area (Å²) in [7, 11) is 0. The van der Waals surface area contributed by atoms with Crippen LogP contribution in [0.2, 0.25) is 0 Å². The molecule has 4 rings (SSSR count). The fraction of sp³-hybridized carbons (Fsp3) is 0.125. The molecule has 1 aliphatic heterocycles. The van der Waals surface area contributed by atoms with Crippen molar-refractivity contribution in [2.75, 3.05) is 0 Å². The molecule has 0 aliphatic carbocycles. The van der Waals surface area contributed by atoms with Crippen LogP contribution in [0, 0.1) is 10.1 Å². The molecule has 5 heteroatoms. The van der Waals surface area contributed by atoms with Gasteiger partial charge in [-0.05, 0) is 29.2 Å². The number of benzene rings is 3. The number of nitro benzene ring substituents is 1. The molecular formula is C24H20N2O3. The van der Waals surface area contributed by atoms with Crippen LogP contribution in [0.1, 0.15) is 16.7 Å². The maximum Gasteiger partial charge on any atom is 0.270 e. The molecule has 3 aromatic carbocycles. The Hall–Kier alpha value is -3.73. The summed E-state index contributed by atoms with van der Waals surface area (Å²) in [6.45, 7) is 0.492. The third-order valence-electron chi connectivity index (χ3n) is 5.10. The molecule has 5 nitrogen and oxygen atoms in total. The molecule has 144 valence electrons. The number of carbonyl (C=O) groups excluding carboxylic acids is 1. The van der Waals surface area contributed by atoms with Crippen molar-refractivity contribution in [3.8, 4) is 0 Å². The van der Waals surface area contributed by atoms with Gasteiger partial charge >= 0.3 is 0 Å². The standard InChI is InChI=1S/C24H20N2O3/c27-24-23(20-12-7-13-21(15-20)26(28)29)16-22(14-18-8-3-1-4-9-18)25(24)17-19-10-5-2-6-11-19/h1-13,15-16,22H,14,17H2/t22-/m0/s1. The summed E-state index contributed by atoms with van der Waals surface area (Å²) in [4.78, 5) is 25.8. The Balaban J connectivity index is 1.68. The first-order chi connectivity index (χ1) is 14.1. The first-order valence-corrected chi connectivity index (χ1v) is 9.47. The predicted molar refractivity (Wildman–Crippen MR) is 112 cm³/mol. The van der Waals surface area contributed by atoms with Crippen LogP contribution in [0.4, 0.5) is 5.69 Å². The number of hydrogen-bond acceptors (Lipinski definition) is 3. The lowest BCUT2D eigenvalue weighted by Gasteiger charge is -2.25. The minimum absolute atomic E-state index is 0.0164. The molecule has 29 heavy (non-hydrogen) atoms. The summed E-state index contributed by atoms with van der Waals surface area (Å²) in [6.07, 6.45) is 2.63. The Labute approximate surface area is 169 Å². The molecule has 0 aromatic heterocycles. The highest BCUT2D eigenvalue weighted by Crippen LogP contribution is 2.31. The van der Waals surface area contributed by atoms with E-state index in [1.165, 1.54) is 12.1 Å². The molecule has 0 bridgehead atoms. The Bertz CT molecular complexity index is 1060. The quantitative estimate of drug-likeness (QED) is 0.460. The second kappa shape index (κ2) is 8.10. The van der Waals surface area contributed by atoms with Crippen LogP contribution in [-0.2, 0) is 17.8 Å². The van der Waals surface area contributed by atoms with Gasteiger partial charge in [0.1, 0.15) is 0 Å². The Morgan fingerprint density at radius 3 is 2.17 bits per heavy atom. The van der Waals surface area contributed by atoms with Crippen LogP contribution in [-0.4, -0.2) is 21.8 Å². The highest BCUT2D eigenvalue weighted by atomic mass is 16.6. The van der Waals surface area contributed by atoms with Crippen molar-refractivity contribution < 1.29 is 9.72 Å². The van der Waals surface area contributed by atoms with Gasteiger partial charge in [-0.25, -0.2) is 0 Å². The van der Waals surface area contributed by atoms with Crippen molar-refractivity contribution in [3.63, 3.8) is 0 Å². The van der Waals surface area contributed by atoms with Gasteiger partial charge in [-0.1, -0.05) is 72.8 Å². The van der Waals surface area contributed by atoms with E-state index in [-0.39, 0.29) is 17.6 Å². The minimum atomic E-state index is -0.438. The highest BCUT2D eigenvalue weighted by molar-refractivity contribution is 6.21. The smallest absolute Gasteiger partial charge is 0.270 e. The summed E-state index contributed by atoms with van der Waals surface area (Å²) in [5, 5.41) is 11.2. The van der Waals surface area contributed by atoms with Crippen molar-refractivity contribution in [2.24, 2.45) is 0 Å². The average Bonchev–Trinajstić information content (AvgIpc) is 3.05. The zero-order valence-electron chi connectivity index (χ0n) is 15.8. The van der Waals surface area contributed by atoms with Crippen molar-refractivity contribution in [2.45, 2.75) is 19.0 Å². The van der Waals surface area contributed by atoms with Crippen molar-refractivity contribution >= 4 is 17.2 Å². The number of nitrogens with zero attached hydrogens (tertiary/aromatic N) is 2. The number of carbonyl (C=O) groups is 1. The van der Waals surface area contributed by atoms with Gasteiger partial charge in [-0.3, -0.25) is 14.9 Å². The van der Waals surface area contributed by atoms with Crippen molar-refractivity contribution in [1.82, 2.24) is 4.90 Å². The monoisotopic (exact) mass is 384 g/mol. The Kier molecular flexibility index (Phi) is 5.20. The third kappa shape index (κ3) is 4.09. The van der Waals surface area contributed by atoms with Crippen LogP contribution >= 0.6 is 0 Å². The second-order valence-electron chi connectivity index (χ2n) is 7.06. The molecule has 0 N–H and O–H groups in total. The topological polar surface area (TPSA) is 63.4 Å². The lowest BCUT2D eigenvalue weighted by atomic mass is 10.0. The van der Waals surface area contributed by atoms with Gasteiger partial charge in [-0.15, -0.1) is 0 Å². The number of amides is 1. The molecule has 1 aliphatic rings. The van der Waals surface area contributed by atoms with Crippen LogP contribution < -0.4 is 0 Å². The van der Waals surface area contributed by atoms with E-state index in [1.54, 1.807) is 12.1 Å². The van der Waals surface area contributed by atoms with E-state index in [2.05, 4.69) is 0 Å². The number of hydrogen-bond donors (Lipinski definition) is 0. The van der Waals surface area contributed by atoms with Gasteiger partial charge < -0.3 is 4.90 Å². The lowest BCUT2D eigenvalue weighted by molar-refractivity contribution is -0.384. The van der Waals surface area contributed by atoms with E-state index in [1.807, 2.05) is 71.6 Å². The van der Waals surface area contributed by atoms with Gasteiger partial charge in [0, 0.05) is 24.3 Å². The van der Waals surface area contributed by atoms with E-state index in [0.29, 0.717) is 24.1 Å². The highest BCUT2D eigenvalue weighted by Gasteiger charge is 2.33. The summed E-state index contributed by atoms with van der Waals surface area (Å²) in [5.41, 5.74) is 3.27. The summed E-state index contributed by atoms with van der Waals surface area (Å²) < 4.78 is 0. The fourth-order valence-electron chi connectivity index (χ4n) is 3.66. The third-order valence-corrected chi connectivity index (χ3v) is 5.10. The van der Waals surface area contributed by atoms with Crippen LogP contribution in [0.15, 0.2) is 91.0 Å². The van der Waals surface area contributed by atoms with Crippen LogP contribution in [0.5, 0.6) is 0 Å². The zero-order valence-corrected chi connectivity index (χ0v) is 15.8. The molecule has 1 heterocycles. The first kappa shape index (κ1) is 18.6. The summed E-state index contributed by atoms with van der Waals surface area (Å²) in [5.74, 6) is -0.102. The van der Waals surface area contributed by atoms with E-state index in [0.717, 1.165) is 11.1 Å². The van der Waals surface area contributed by atoms with Gasteiger partial charge in [0.25, 0.3) is 11.6 Å². The molecule has 0 spiro atoms. The largest absolute Gasteiger partial charge is 0.328 e. The molecular weight excluding hydrogens is 364 g/mol. The van der Waals surface area contributed by atoms with Gasteiger partial charge in [0.2, 0.25) is 0 Å². The summed E-state index contributed by atoms with van der Waals surface area (Å²) >= 11 is 0. The zero-order chi connectivity index (χ0) is 20.2. The first-order valence-electron chi connectivity index (χ1n) is 9.47. The molecule has 0 saturated carbocycles.